The summed E-state index contributed by atoms with van der Waals surface area (Å²) in [5, 5.41) is 8.08. The summed E-state index contributed by atoms with van der Waals surface area (Å²) in [6, 6.07) is 8.34. The summed E-state index contributed by atoms with van der Waals surface area (Å²) >= 11 is 0. The molecule has 0 spiro atoms. The van der Waals surface area contributed by atoms with E-state index >= 15 is 0 Å². The van der Waals surface area contributed by atoms with E-state index in [0.29, 0.717) is 24.2 Å². The van der Waals surface area contributed by atoms with Gasteiger partial charge >= 0.3 is 0 Å². The van der Waals surface area contributed by atoms with E-state index in [0.717, 1.165) is 5.69 Å². The molecule has 0 fully saturated rings. The highest BCUT2D eigenvalue weighted by atomic mass is 19.1. The second-order valence-corrected chi connectivity index (χ2v) is 3.80. The van der Waals surface area contributed by atoms with E-state index in [1.807, 2.05) is 6.07 Å². The predicted molar refractivity (Wildman–Crippen MR) is 66.7 cm³/mol. The van der Waals surface area contributed by atoms with Gasteiger partial charge in [0.15, 0.2) is 11.6 Å². The third-order valence-electron chi connectivity index (χ3n) is 2.57. The molecule has 94 valence electrons. The van der Waals surface area contributed by atoms with Gasteiger partial charge in [0.2, 0.25) is 0 Å². The van der Waals surface area contributed by atoms with Gasteiger partial charge in [0.25, 0.3) is 0 Å². The molecule has 0 radical (unpaired) electrons. The molecule has 0 aliphatic heterocycles. The average molecular weight is 247 g/mol. The van der Waals surface area contributed by atoms with Crippen molar-refractivity contribution in [2.45, 2.75) is 6.42 Å². The second-order valence-electron chi connectivity index (χ2n) is 3.80. The van der Waals surface area contributed by atoms with Gasteiger partial charge < -0.3 is 10.5 Å². The highest BCUT2D eigenvalue weighted by molar-refractivity contribution is 5.59. The highest BCUT2D eigenvalue weighted by Crippen LogP contribution is 2.23. The van der Waals surface area contributed by atoms with Crippen LogP contribution in [0.1, 0.15) is 5.69 Å². The molecule has 0 bridgehead atoms. The molecule has 2 N–H and O–H groups in total. The van der Waals surface area contributed by atoms with Crippen LogP contribution >= 0.6 is 0 Å². The Kier molecular flexibility index (Phi) is 3.84. The van der Waals surface area contributed by atoms with Gasteiger partial charge in [-0.1, -0.05) is 0 Å². The Balaban J connectivity index is 2.28. The molecule has 4 nitrogen and oxygen atoms in total. The van der Waals surface area contributed by atoms with Gasteiger partial charge in [0.05, 0.1) is 18.5 Å². The van der Waals surface area contributed by atoms with Crippen LogP contribution < -0.4 is 10.5 Å². The Morgan fingerprint density at radius 1 is 1.22 bits per heavy atom. The number of nitrogens with zero attached hydrogens (tertiary/aromatic N) is 2. The lowest BCUT2D eigenvalue weighted by Crippen LogP contribution is -2.05. The molecule has 0 amide bonds. The first kappa shape index (κ1) is 12.4. The number of ether oxygens (including phenoxy) is 1. The monoisotopic (exact) mass is 247 g/mol. The maximum absolute atomic E-state index is 13.5. The van der Waals surface area contributed by atoms with E-state index < -0.39 is 5.82 Å². The number of methoxy groups -OCH3 is 1. The number of hydrogen-bond acceptors (Lipinski definition) is 4. The van der Waals surface area contributed by atoms with Crippen molar-refractivity contribution < 1.29 is 9.13 Å². The van der Waals surface area contributed by atoms with E-state index in [4.69, 9.17) is 10.5 Å². The molecular formula is C13H14FN3O. The van der Waals surface area contributed by atoms with Crippen molar-refractivity contribution in [3.63, 3.8) is 0 Å². The smallest absolute Gasteiger partial charge is 0.165 e. The van der Waals surface area contributed by atoms with E-state index in [-0.39, 0.29) is 5.75 Å². The molecular weight excluding hydrogens is 233 g/mol. The number of rotatable bonds is 4. The molecule has 2 aromatic rings. The van der Waals surface area contributed by atoms with Crippen molar-refractivity contribution in [3.8, 4) is 17.0 Å². The van der Waals surface area contributed by atoms with Gasteiger partial charge in [-0.15, -0.1) is 0 Å². The van der Waals surface area contributed by atoms with Crippen LogP contribution in [0.15, 0.2) is 30.3 Å². The Labute approximate surface area is 105 Å². The van der Waals surface area contributed by atoms with Crippen molar-refractivity contribution in [1.82, 2.24) is 10.2 Å². The molecule has 2 rings (SSSR count). The summed E-state index contributed by atoms with van der Waals surface area (Å²) in [6.07, 6.45) is 0.685. The Morgan fingerprint density at radius 2 is 2.06 bits per heavy atom. The normalized spacial score (nSPS) is 10.4. The molecule has 0 atom stereocenters. The average Bonchev–Trinajstić information content (AvgIpc) is 2.40. The first-order valence-corrected chi connectivity index (χ1v) is 5.61. The van der Waals surface area contributed by atoms with Crippen molar-refractivity contribution in [1.29, 1.82) is 0 Å². The minimum absolute atomic E-state index is 0.214. The number of hydrogen-bond donors (Lipinski definition) is 1. The summed E-state index contributed by atoms with van der Waals surface area (Å²) < 4.78 is 18.4. The standard InChI is InChI=1S/C13H14FN3O/c1-18-13-5-2-9(8-11(13)14)12-4-3-10(6-7-15)16-17-12/h2-5,8H,6-7,15H2,1H3. The number of halogens is 1. The van der Waals surface area contributed by atoms with E-state index in [2.05, 4.69) is 10.2 Å². The molecule has 1 heterocycles. The third-order valence-corrected chi connectivity index (χ3v) is 2.57. The zero-order chi connectivity index (χ0) is 13.0. The first-order chi connectivity index (χ1) is 8.74. The molecule has 5 heteroatoms. The molecule has 0 saturated carbocycles. The summed E-state index contributed by atoms with van der Waals surface area (Å²) in [7, 11) is 1.43. The summed E-state index contributed by atoms with van der Waals surface area (Å²) in [5.41, 5.74) is 7.55. The lowest BCUT2D eigenvalue weighted by atomic mass is 10.1. The van der Waals surface area contributed by atoms with Gasteiger partial charge in [-0.05, 0) is 36.9 Å². The van der Waals surface area contributed by atoms with Crippen molar-refractivity contribution >= 4 is 0 Å². The first-order valence-electron chi connectivity index (χ1n) is 5.61. The molecule has 1 aromatic heterocycles. The Morgan fingerprint density at radius 3 is 2.61 bits per heavy atom. The van der Waals surface area contributed by atoms with E-state index in [1.165, 1.54) is 13.2 Å². The molecule has 0 aliphatic rings. The van der Waals surface area contributed by atoms with Crippen LogP contribution in [0.3, 0.4) is 0 Å². The van der Waals surface area contributed by atoms with Gasteiger partial charge in [-0.2, -0.15) is 10.2 Å². The van der Waals surface area contributed by atoms with Gasteiger partial charge in [0.1, 0.15) is 0 Å². The van der Waals surface area contributed by atoms with Crippen molar-refractivity contribution in [3.05, 3.63) is 41.8 Å². The van der Waals surface area contributed by atoms with Crippen LogP contribution in [-0.2, 0) is 6.42 Å². The minimum atomic E-state index is -0.414. The van der Waals surface area contributed by atoms with Crippen LogP contribution in [0.25, 0.3) is 11.3 Å². The maximum Gasteiger partial charge on any atom is 0.165 e. The number of benzene rings is 1. The zero-order valence-electron chi connectivity index (χ0n) is 10.1. The van der Waals surface area contributed by atoms with Crippen LogP contribution in [0, 0.1) is 5.82 Å². The lowest BCUT2D eigenvalue weighted by Gasteiger charge is -2.05. The summed E-state index contributed by atoms with van der Waals surface area (Å²) in [6.45, 7) is 0.533. The molecule has 1 aromatic carbocycles. The van der Waals surface area contributed by atoms with Crippen LogP contribution in [0.2, 0.25) is 0 Å². The van der Waals surface area contributed by atoms with Gasteiger partial charge in [-0.25, -0.2) is 4.39 Å². The summed E-state index contributed by atoms with van der Waals surface area (Å²) in [5.74, 6) is -0.200. The largest absolute Gasteiger partial charge is 0.494 e. The van der Waals surface area contributed by atoms with Gasteiger partial charge in [0, 0.05) is 12.0 Å². The fourth-order valence-electron chi connectivity index (χ4n) is 1.62. The Hall–Kier alpha value is -2.01. The predicted octanol–water partition coefficient (Wildman–Crippen LogP) is 1.79. The number of nitrogens with two attached hydrogens (primary N) is 1. The number of aromatic nitrogens is 2. The van der Waals surface area contributed by atoms with Crippen molar-refractivity contribution in [2.24, 2.45) is 5.73 Å². The second kappa shape index (κ2) is 5.55. The maximum atomic E-state index is 13.5. The van der Waals surface area contributed by atoms with E-state index in [1.54, 1.807) is 18.2 Å². The highest BCUT2D eigenvalue weighted by Gasteiger charge is 2.06. The Bertz CT molecular complexity index is 528. The summed E-state index contributed by atoms with van der Waals surface area (Å²) in [4.78, 5) is 0. The quantitative estimate of drug-likeness (QED) is 0.894. The minimum Gasteiger partial charge on any atom is -0.494 e. The molecule has 0 aliphatic carbocycles. The lowest BCUT2D eigenvalue weighted by molar-refractivity contribution is 0.386. The molecule has 0 saturated heterocycles. The molecule has 18 heavy (non-hydrogen) atoms. The van der Waals surface area contributed by atoms with E-state index in [9.17, 15) is 4.39 Å². The van der Waals surface area contributed by atoms with Crippen LogP contribution in [0.5, 0.6) is 5.75 Å². The fourth-order valence-corrected chi connectivity index (χ4v) is 1.62. The zero-order valence-corrected chi connectivity index (χ0v) is 10.1. The third kappa shape index (κ3) is 2.62. The van der Waals surface area contributed by atoms with Gasteiger partial charge in [-0.3, -0.25) is 0 Å². The van der Waals surface area contributed by atoms with Crippen LogP contribution in [-0.4, -0.2) is 23.9 Å². The van der Waals surface area contributed by atoms with Crippen molar-refractivity contribution in [2.75, 3.05) is 13.7 Å². The van der Waals surface area contributed by atoms with Crippen LogP contribution in [0.4, 0.5) is 4.39 Å². The molecule has 0 unspecified atom stereocenters. The SMILES string of the molecule is COc1ccc(-c2ccc(CCN)nn2)cc1F. The topological polar surface area (TPSA) is 61.0 Å². The fraction of sp³-hybridized carbons (Fsp3) is 0.231.